The molecule has 6 nitrogen and oxygen atoms in total. The Bertz CT molecular complexity index is 1080. The van der Waals surface area contributed by atoms with Gasteiger partial charge in [-0.05, 0) is 37.1 Å². The maximum atomic E-state index is 12.6. The van der Waals surface area contributed by atoms with Gasteiger partial charge in [0.1, 0.15) is 23.4 Å². The Morgan fingerprint density at radius 1 is 1.04 bits per heavy atom. The molecular formula is C18H15F3N6. The van der Waals surface area contributed by atoms with E-state index < -0.39 is 11.7 Å². The van der Waals surface area contributed by atoms with E-state index in [1.807, 2.05) is 13.0 Å². The Kier molecular flexibility index (Phi) is 4.14. The van der Waals surface area contributed by atoms with Crippen LogP contribution >= 0.6 is 0 Å². The monoisotopic (exact) mass is 372 g/mol. The highest BCUT2D eigenvalue weighted by molar-refractivity contribution is 5.89. The molecule has 0 radical (unpaired) electrons. The second-order valence-electron chi connectivity index (χ2n) is 6.15. The Balaban J connectivity index is 1.54. The molecule has 4 rings (SSSR count). The van der Waals surface area contributed by atoms with Crippen LogP contribution < -0.4 is 0 Å². The quantitative estimate of drug-likeness (QED) is 0.592. The van der Waals surface area contributed by atoms with Crippen molar-refractivity contribution in [1.29, 1.82) is 0 Å². The summed E-state index contributed by atoms with van der Waals surface area (Å²) in [6.45, 7) is 2.40. The van der Waals surface area contributed by atoms with Gasteiger partial charge in [0.15, 0.2) is 0 Å². The van der Waals surface area contributed by atoms with E-state index >= 15 is 0 Å². The minimum absolute atomic E-state index is 0.506. The molecule has 4 aromatic rings. The fourth-order valence-corrected chi connectivity index (χ4v) is 2.95. The van der Waals surface area contributed by atoms with Crippen LogP contribution in [-0.4, -0.2) is 29.9 Å². The zero-order valence-corrected chi connectivity index (χ0v) is 14.3. The summed E-state index contributed by atoms with van der Waals surface area (Å²) in [6.07, 6.45) is -0.524. The van der Waals surface area contributed by atoms with Crippen molar-refractivity contribution in [2.24, 2.45) is 0 Å². The van der Waals surface area contributed by atoms with Crippen molar-refractivity contribution in [3.8, 4) is 11.4 Å². The largest absolute Gasteiger partial charge is 0.416 e. The number of nitrogens with zero attached hydrogens (tertiary/aromatic N) is 5. The van der Waals surface area contributed by atoms with Crippen molar-refractivity contribution in [3.05, 3.63) is 59.7 Å². The molecule has 0 bridgehead atoms. The summed E-state index contributed by atoms with van der Waals surface area (Å²) in [4.78, 5) is 11.5. The normalized spacial score (nSPS) is 12.0. The van der Waals surface area contributed by atoms with Gasteiger partial charge in [-0.15, -0.1) is 5.10 Å². The van der Waals surface area contributed by atoms with Crippen molar-refractivity contribution in [2.45, 2.75) is 26.1 Å². The van der Waals surface area contributed by atoms with E-state index in [-0.39, 0.29) is 0 Å². The van der Waals surface area contributed by atoms with Crippen LogP contribution in [-0.2, 0) is 19.1 Å². The van der Waals surface area contributed by atoms with E-state index in [0.717, 1.165) is 34.4 Å². The highest BCUT2D eigenvalue weighted by Gasteiger charge is 2.29. The molecule has 138 valence electrons. The third-order valence-corrected chi connectivity index (χ3v) is 4.45. The second kappa shape index (κ2) is 6.49. The predicted octanol–water partition coefficient (Wildman–Crippen LogP) is 3.79. The fourth-order valence-electron chi connectivity index (χ4n) is 2.95. The second-order valence-corrected chi connectivity index (χ2v) is 6.15. The molecule has 0 unspecified atom stereocenters. The van der Waals surface area contributed by atoms with E-state index in [0.29, 0.717) is 24.4 Å². The predicted molar refractivity (Wildman–Crippen MR) is 92.8 cm³/mol. The third kappa shape index (κ3) is 3.27. The standard InChI is InChI=1S/C18H15F3N6/c1-11-15(16-14-6-8-22-17(14)24-10-23-16)25-26-27(11)9-7-12-2-4-13(5-3-12)18(19,20)21/h2-6,8,10H,7,9H2,1H3,(H,22,23,24). The topological polar surface area (TPSA) is 72.3 Å². The molecule has 0 atom stereocenters. The summed E-state index contributed by atoms with van der Waals surface area (Å²) in [5.41, 5.74) is 3.06. The number of H-pyrrole nitrogens is 1. The first-order valence-electron chi connectivity index (χ1n) is 8.28. The molecule has 0 aliphatic rings. The summed E-state index contributed by atoms with van der Waals surface area (Å²) in [6, 6.07) is 7.05. The molecular weight excluding hydrogens is 357 g/mol. The Morgan fingerprint density at radius 2 is 1.81 bits per heavy atom. The SMILES string of the molecule is Cc1c(-c2ncnc3[nH]ccc23)nnn1CCc1ccc(C(F)(F)F)cc1. The summed E-state index contributed by atoms with van der Waals surface area (Å²) in [7, 11) is 0. The molecule has 27 heavy (non-hydrogen) atoms. The first-order chi connectivity index (χ1) is 12.9. The van der Waals surface area contributed by atoms with Gasteiger partial charge in [0.2, 0.25) is 0 Å². The van der Waals surface area contributed by atoms with Gasteiger partial charge < -0.3 is 4.98 Å². The lowest BCUT2D eigenvalue weighted by Gasteiger charge is -2.08. The van der Waals surface area contributed by atoms with Crippen LogP contribution in [0.5, 0.6) is 0 Å². The first kappa shape index (κ1) is 17.2. The molecule has 1 N–H and O–H groups in total. The van der Waals surface area contributed by atoms with Crippen LogP contribution in [0.4, 0.5) is 13.2 Å². The lowest BCUT2D eigenvalue weighted by atomic mass is 10.1. The molecule has 1 aromatic carbocycles. The molecule has 0 aliphatic heterocycles. The van der Waals surface area contributed by atoms with Gasteiger partial charge in [-0.1, -0.05) is 17.3 Å². The van der Waals surface area contributed by atoms with Crippen LogP contribution in [0.15, 0.2) is 42.9 Å². The summed E-state index contributed by atoms with van der Waals surface area (Å²) < 4.78 is 39.6. The summed E-state index contributed by atoms with van der Waals surface area (Å²) in [5.74, 6) is 0. The molecule has 9 heteroatoms. The van der Waals surface area contributed by atoms with Gasteiger partial charge in [0.25, 0.3) is 0 Å². The molecule has 3 aromatic heterocycles. The van der Waals surface area contributed by atoms with E-state index in [1.165, 1.54) is 18.5 Å². The number of nitrogens with one attached hydrogen (secondary N) is 1. The van der Waals surface area contributed by atoms with Gasteiger partial charge in [-0.25, -0.2) is 14.6 Å². The smallest absolute Gasteiger partial charge is 0.346 e. The Morgan fingerprint density at radius 3 is 2.56 bits per heavy atom. The van der Waals surface area contributed by atoms with Crippen LogP contribution in [0.25, 0.3) is 22.4 Å². The molecule has 0 fully saturated rings. The van der Waals surface area contributed by atoms with Gasteiger partial charge in [-0.2, -0.15) is 13.2 Å². The number of halogens is 3. The van der Waals surface area contributed by atoms with E-state index in [4.69, 9.17) is 0 Å². The summed E-state index contributed by atoms with van der Waals surface area (Å²) in [5, 5.41) is 9.26. The average molecular weight is 372 g/mol. The number of aromatic nitrogens is 6. The number of rotatable bonds is 4. The van der Waals surface area contributed by atoms with Crippen LogP contribution in [0.2, 0.25) is 0 Å². The molecule has 0 aliphatic carbocycles. The van der Waals surface area contributed by atoms with E-state index in [9.17, 15) is 13.2 Å². The van der Waals surface area contributed by atoms with E-state index in [1.54, 1.807) is 10.9 Å². The average Bonchev–Trinajstić information content (AvgIpc) is 3.26. The minimum Gasteiger partial charge on any atom is -0.346 e. The Hall–Kier alpha value is -3.23. The van der Waals surface area contributed by atoms with Gasteiger partial charge in [0, 0.05) is 18.1 Å². The van der Waals surface area contributed by atoms with Crippen LogP contribution in [0.3, 0.4) is 0 Å². The van der Waals surface area contributed by atoms with Gasteiger partial charge >= 0.3 is 6.18 Å². The third-order valence-electron chi connectivity index (χ3n) is 4.45. The first-order valence-corrected chi connectivity index (χ1v) is 8.28. The number of fused-ring (bicyclic) bond motifs is 1. The molecule has 3 heterocycles. The van der Waals surface area contributed by atoms with Crippen molar-refractivity contribution < 1.29 is 13.2 Å². The van der Waals surface area contributed by atoms with Crippen molar-refractivity contribution >= 4 is 11.0 Å². The maximum Gasteiger partial charge on any atom is 0.416 e. The molecule has 0 saturated heterocycles. The van der Waals surface area contributed by atoms with Gasteiger partial charge in [0.05, 0.1) is 11.3 Å². The zero-order chi connectivity index (χ0) is 19.0. The van der Waals surface area contributed by atoms with E-state index in [2.05, 4.69) is 25.3 Å². The Labute approximate surface area is 152 Å². The van der Waals surface area contributed by atoms with Crippen LogP contribution in [0, 0.1) is 6.92 Å². The number of alkyl halides is 3. The fraction of sp³-hybridized carbons (Fsp3) is 0.222. The number of hydrogen-bond donors (Lipinski definition) is 1. The number of aryl methyl sites for hydroxylation is 2. The number of hydrogen-bond acceptors (Lipinski definition) is 4. The molecule has 0 amide bonds. The lowest BCUT2D eigenvalue weighted by molar-refractivity contribution is -0.137. The molecule has 0 saturated carbocycles. The molecule has 0 spiro atoms. The lowest BCUT2D eigenvalue weighted by Crippen LogP contribution is -2.07. The van der Waals surface area contributed by atoms with Crippen molar-refractivity contribution in [2.75, 3.05) is 0 Å². The van der Waals surface area contributed by atoms with Gasteiger partial charge in [-0.3, -0.25) is 0 Å². The maximum absolute atomic E-state index is 12.6. The minimum atomic E-state index is -4.32. The van der Waals surface area contributed by atoms with Crippen molar-refractivity contribution in [3.63, 3.8) is 0 Å². The highest BCUT2D eigenvalue weighted by atomic mass is 19.4. The van der Waals surface area contributed by atoms with Crippen molar-refractivity contribution in [1.82, 2.24) is 29.9 Å². The highest BCUT2D eigenvalue weighted by Crippen LogP contribution is 2.29. The number of aromatic amines is 1. The summed E-state index contributed by atoms with van der Waals surface area (Å²) >= 11 is 0. The number of benzene rings is 1. The zero-order valence-electron chi connectivity index (χ0n) is 14.3. The van der Waals surface area contributed by atoms with Crippen LogP contribution in [0.1, 0.15) is 16.8 Å².